The molecule has 0 fully saturated rings. The van der Waals surface area contributed by atoms with Gasteiger partial charge in [0.2, 0.25) is 11.9 Å². The van der Waals surface area contributed by atoms with Crippen LogP contribution in [0.2, 0.25) is 0 Å². The van der Waals surface area contributed by atoms with Gasteiger partial charge in [-0.25, -0.2) is 19.9 Å². The van der Waals surface area contributed by atoms with E-state index in [-0.39, 0.29) is 0 Å². The van der Waals surface area contributed by atoms with Crippen LogP contribution in [0.3, 0.4) is 0 Å². The predicted molar refractivity (Wildman–Crippen MR) is 121 cm³/mol. The summed E-state index contributed by atoms with van der Waals surface area (Å²) in [5.74, 6) is 2.01. The largest absolute Gasteiger partial charge is 0.293 e. The number of aromatic nitrogens is 9. The summed E-state index contributed by atoms with van der Waals surface area (Å²) in [7, 11) is 0. The molecule has 1 aromatic carbocycles. The van der Waals surface area contributed by atoms with Gasteiger partial charge in [-0.1, -0.05) is 6.92 Å². The molecule has 5 rings (SSSR count). The Morgan fingerprint density at radius 2 is 1.72 bits per heavy atom. The molecule has 0 bridgehead atoms. The molecule has 160 valence electrons. The fourth-order valence-electron chi connectivity index (χ4n) is 3.54. The molecule has 0 amide bonds. The summed E-state index contributed by atoms with van der Waals surface area (Å²) in [5, 5.41) is 17.2. The monoisotopic (exact) mass is 426 g/mol. The molecule has 5 aromatic rings. The molecule has 0 aliphatic carbocycles. The van der Waals surface area contributed by atoms with Crippen LogP contribution in [0.25, 0.3) is 28.1 Å². The molecule has 0 spiro atoms. The summed E-state index contributed by atoms with van der Waals surface area (Å²) in [6, 6.07) is 5.97. The van der Waals surface area contributed by atoms with Crippen molar-refractivity contribution in [3.63, 3.8) is 0 Å². The fourth-order valence-corrected chi connectivity index (χ4v) is 3.54. The molecule has 10 heteroatoms. The number of anilines is 2. The standard InChI is InChI=1S/C22H22N10/c1-6-18-27-22-30-29-19(14(5)32(22)31-18)16-7-8-23-20(25-16)28-21-24-13(4)15-9-11(2)12(3)10-17(15)26-21/h7-10H,6H2,1-5H3,(H,23,24,25,26,28). The van der Waals surface area contributed by atoms with Gasteiger partial charge in [0, 0.05) is 18.0 Å². The minimum atomic E-state index is 0.374. The van der Waals surface area contributed by atoms with E-state index in [9.17, 15) is 0 Å². The number of hydrogen-bond donors (Lipinski definition) is 1. The normalized spacial score (nSPS) is 11.4. The van der Waals surface area contributed by atoms with Gasteiger partial charge < -0.3 is 0 Å². The highest BCUT2D eigenvalue weighted by Crippen LogP contribution is 2.23. The Labute approximate surface area is 184 Å². The van der Waals surface area contributed by atoms with Crippen molar-refractivity contribution in [3.8, 4) is 11.4 Å². The van der Waals surface area contributed by atoms with Gasteiger partial charge in [0.15, 0.2) is 5.82 Å². The van der Waals surface area contributed by atoms with Crippen molar-refractivity contribution in [1.82, 2.24) is 44.7 Å². The van der Waals surface area contributed by atoms with Gasteiger partial charge in [0.25, 0.3) is 5.78 Å². The first-order valence-electron chi connectivity index (χ1n) is 10.4. The maximum absolute atomic E-state index is 4.65. The van der Waals surface area contributed by atoms with E-state index in [0.717, 1.165) is 34.5 Å². The molecule has 1 N–H and O–H groups in total. The first-order valence-corrected chi connectivity index (χ1v) is 10.4. The molecular weight excluding hydrogens is 404 g/mol. The summed E-state index contributed by atoms with van der Waals surface area (Å²) in [6.45, 7) is 10.0. The molecule has 4 heterocycles. The Bertz CT molecular complexity index is 1490. The number of hydrogen-bond acceptors (Lipinski definition) is 9. The van der Waals surface area contributed by atoms with E-state index in [0.29, 0.717) is 29.1 Å². The number of nitrogens with zero attached hydrogens (tertiary/aromatic N) is 9. The molecule has 0 atom stereocenters. The van der Waals surface area contributed by atoms with Gasteiger partial charge in [-0.3, -0.25) is 5.32 Å². The number of nitrogens with one attached hydrogen (secondary N) is 1. The zero-order valence-corrected chi connectivity index (χ0v) is 18.5. The topological polar surface area (TPSA) is 120 Å². The number of fused-ring (bicyclic) bond motifs is 2. The van der Waals surface area contributed by atoms with Crippen molar-refractivity contribution >= 4 is 28.6 Å². The van der Waals surface area contributed by atoms with Gasteiger partial charge >= 0.3 is 0 Å². The van der Waals surface area contributed by atoms with Gasteiger partial charge in [0.05, 0.1) is 22.6 Å². The fraction of sp³-hybridized carbons (Fsp3) is 0.273. The van der Waals surface area contributed by atoms with Gasteiger partial charge in [0.1, 0.15) is 5.69 Å². The Kier molecular flexibility index (Phi) is 4.69. The summed E-state index contributed by atoms with van der Waals surface area (Å²) in [5.41, 5.74) is 6.20. The number of rotatable bonds is 4. The third kappa shape index (κ3) is 3.39. The average Bonchev–Trinajstić information content (AvgIpc) is 3.20. The number of benzene rings is 1. The molecule has 0 unspecified atom stereocenters. The SMILES string of the molecule is CCc1nc2nnc(-c3ccnc(Nc4nc(C)c5cc(C)c(C)cc5n4)n3)c(C)n2n1. The first kappa shape index (κ1) is 19.9. The molecule has 0 aliphatic rings. The van der Waals surface area contributed by atoms with Gasteiger partial charge in [-0.05, 0) is 57.0 Å². The zero-order valence-electron chi connectivity index (χ0n) is 18.5. The van der Waals surface area contributed by atoms with Crippen molar-refractivity contribution in [2.24, 2.45) is 0 Å². The van der Waals surface area contributed by atoms with Crippen LogP contribution in [0.5, 0.6) is 0 Å². The Morgan fingerprint density at radius 3 is 2.53 bits per heavy atom. The van der Waals surface area contributed by atoms with E-state index in [1.54, 1.807) is 16.8 Å². The van der Waals surface area contributed by atoms with Crippen molar-refractivity contribution in [2.75, 3.05) is 5.32 Å². The summed E-state index contributed by atoms with van der Waals surface area (Å²) in [4.78, 5) is 22.5. The molecule has 0 saturated heterocycles. The molecule has 32 heavy (non-hydrogen) atoms. The van der Waals surface area contributed by atoms with Crippen LogP contribution in [0.4, 0.5) is 11.9 Å². The Hall–Kier alpha value is -4.08. The van der Waals surface area contributed by atoms with Gasteiger partial charge in [-0.15, -0.1) is 15.3 Å². The van der Waals surface area contributed by atoms with Crippen LogP contribution in [0, 0.1) is 27.7 Å². The second-order valence-corrected chi connectivity index (χ2v) is 7.70. The van der Waals surface area contributed by atoms with Crippen molar-refractivity contribution < 1.29 is 0 Å². The maximum Gasteiger partial charge on any atom is 0.272 e. The molecule has 10 nitrogen and oxygen atoms in total. The summed E-state index contributed by atoms with van der Waals surface area (Å²) >= 11 is 0. The third-order valence-electron chi connectivity index (χ3n) is 5.47. The van der Waals surface area contributed by atoms with Crippen LogP contribution in [0.1, 0.15) is 35.3 Å². The third-order valence-corrected chi connectivity index (χ3v) is 5.47. The maximum atomic E-state index is 4.65. The van der Waals surface area contributed by atoms with Crippen LogP contribution in [-0.4, -0.2) is 44.7 Å². The molecule has 0 radical (unpaired) electrons. The van der Waals surface area contributed by atoms with Gasteiger partial charge in [-0.2, -0.15) is 9.50 Å². The molecule has 0 aliphatic heterocycles. The molecule has 0 saturated carbocycles. The van der Waals surface area contributed by atoms with Crippen molar-refractivity contribution in [3.05, 3.63) is 52.7 Å². The highest BCUT2D eigenvalue weighted by molar-refractivity contribution is 5.83. The second-order valence-electron chi connectivity index (χ2n) is 7.70. The number of aryl methyl sites for hydroxylation is 5. The lowest BCUT2D eigenvalue weighted by atomic mass is 10.1. The van der Waals surface area contributed by atoms with Crippen LogP contribution >= 0.6 is 0 Å². The van der Waals surface area contributed by atoms with E-state index in [2.05, 4.69) is 71.5 Å². The zero-order chi connectivity index (χ0) is 22.4. The Balaban J connectivity index is 1.52. The quantitative estimate of drug-likeness (QED) is 0.460. The average molecular weight is 426 g/mol. The highest BCUT2D eigenvalue weighted by atomic mass is 15.4. The van der Waals surface area contributed by atoms with E-state index in [1.807, 2.05) is 20.8 Å². The predicted octanol–water partition coefficient (Wildman–Crippen LogP) is 3.46. The first-order chi connectivity index (χ1) is 15.4. The highest BCUT2D eigenvalue weighted by Gasteiger charge is 2.15. The lowest BCUT2D eigenvalue weighted by Gasteiger charge is -2.10. The summed E-state index contributed by atoms with van der Waals surface area (Å²) in [6.07, 6.45) is 2.39. The van der Waals surface area contributed by atoms with Crippen LogP contribution < -0.4 is 5.32 Å². The lowest BCUT2D eigenvalue weighted by Crippen LogP contribution is -2.06. The van der Waals surface area contributed by atoms with E-state index >= 15 is 0 Å². The van der Waals surface area contributed by atoms with Crippen molar-refractivity contribution in [2.45, 2.75) is 41.0 Å². The van der Waals surface area contributed by atoms with Crippen molar-refractivity contribution in [1.29, 1.82) is 0 Å². The smallest absolute Gasteiger partial charge is 0.272 e. The lowest BCUT2D eigenvalue weighted by molar-refractivity contribution is 0.827. The molecule has 4 aromatic heterocycles. The van der Waals surface area contributed by atoms with Crippen LogP contribution in [0.15, 0.2) is 24.4 Å². The second kappa shape index (κ2) is 7.56. The van der Waals surface area contributed by atoms with E-state index in [1.165, 1.54) is 11.1 Å². The minimum Gasteiger partial charge on any atom is -0.293 e. The van der Waals surface area contributed by atoms with E-state index < -0.39 is 0 Å². The summed E-state index contributed by atoms with van der Waals surface area (Å²) < 4.78 is 1.69. The van der Waals surface area contributed by atoms with Crippen LogP contribution in [-0.2, 0) is 6.42 Å². The molecular formula is C22H22N10. The van der Waals surface area contributed by atoms with E-state index in [4.69, 9.17) is 0 Å². The Morgan fingerprint density at radius 1 is 0.906 bits per heavy atom. The minimum absolute atomic E-state index is 0.374.